The molecule has 0 fully saturated rings. The third kappa shape index (κ3) is 4.58. The molecule has 0 atom stereocenters. The van der Waals surface area contributed by atoms with Crippen LogP contribution in [0.3, 0.4) is 0 Å². The fraction of sp³-hybridized carbons (Fsp3) is 0.308. The minimum absolute atomic E-state index is 0.0578. The van der Waals surface area contributed by atoms with Crippen molar-refractivity contribution in [3.8, 4) is 5.75 Å². The van der Waals surface area contributed by atoms with Crippen molar-refractivity contribution in [3.05, 3.63) is 35.7 Å². The number of benzene rings is 1. The molecular formula is C13H14N2O4S. The third-order valence-corrected chi connectivity index (χ3v) is 3.19. The molecule has 6 nitrogen and oxygen atoms in total. The lowest BCUT2D eigenvalue weighted by molar-refractivity contribution is -0.136. The second-order valence-corrected chi connectivity index (χ2v) is 5.10. The number of aromatic nitrogens is 2. The number of carboxylic acid groups (broad SMARTS) is 1. The van der Waals surface area contributed by atoms with E-state index >= 15 is 0 Å². The van der Waals surface area contributed by atoms with Gasteiger partial charge in [0, 0.05) is 5.75 Å². The van der Waals surface area contributed by atoms with Crippen LogP contribution in [0, 0.1) is 6.92 Å². The van der Waals surface area contributed by atoms with Crippen molar-refractivity contribution in [3.63, 3.8) is 0 Å². The van der Waals surface area contributed by atoms with Crippen LogP contribution in [0.15, 0.2) is 33.9 Å². The number of aryl methyl sites for hydroxylation is 1. The van der Waals surface area contributed by atoms with Crippen molar-refractivity contribution in [1.82, 2.24) is 10.2 Å². The molecule has 20 heavy (non-hydrogen) atoms. The molecule has 2 aromatic rings. The van der Waals surface area contributed by atoms with Gasteiger partial charge in [0.1, 0.15) is 5.75 Å². The first-order valence-electron chi connectivity index (χ1n) is 6.00. The number of ether oxygens (including phenoxy) is 1. The number of aliphatic carboxylic acids is 1. The lowest BCUT2D eigenvalue weighted by Gasteiger charge is -2.02. The first kappa shape index (κ1) is 14.4. The van der Waals surface area contributed by atoms with Crippen LogP contribution in [0.2, 0.25) is 0 Å². The van der Waals surface area contributed by atoms with Gasteiger partial charge in [-0.2, -0.15) is 0 Å². The maximum Gasteiger partial charge on any atom is 0.304 e. The Labute approximate surface area is 120 Å². The summed E-state index contributed by atoms with van der Waals surface area (Å²) in [5, 5.41) is 16.5. The Kier molecular flexibility index (Phi) is 5.00. The molecule has 106 valence electrons. The summed E-state index contributed by atoms with van der Waals surface area (Å²) in [6.07, 6.45) is 0.0578. The Balaban J connectivity index is 1.80. The van der Waals surface area contributed by atoms with Crippen LogP contribution in [-0.4, -0.2) is 27.0 Å². The van der Waals surface area contributed by atoms with Crippen molar-refractivity contribution in [1.29, 1.82) is 0 Å². The minimum Gasteiger partial charge on any atom is -0.484 e. The Morgan fingerprint density at radius 2 is 2.10 bits per heavy atom. The van der Waals surface area contributed by atoms with Crippen LogP contribution in [-0.2, 0) is 11.4 Å². The molecule has 1 aromatic heterocycles. The number of carboxylic acids is 1. The number of carbonyl (C=O) groups is 1. The van der Waals surface area contributed by atoms with Crippen LogP contribution in [0.4, 0.5) is 0 Å². The fourth-order valence-corrected chi connectivity index (χ4v) is 2.07. The smallest absolute Gasteiger partial charge is 0.304 e. The molecule has 0 spiro atoms. The van der Waals surface area contributed by atoms with E-state index in [0.717, 1.165) is 11.3 Å². The Bertz CT molecular complexity index is 568. The highest BCUT2D eigenvalue weighted by molar-refractivity contribution is 7.99. The zero-order valence-electron chi connectivity index (χ0n) is 10.9. The van der Waals surface area contributed by atoms with Gasteiger partial charge in [-0.15, -0.1) is 10.2 Å². The number of hydrogen-bond donors (Lipinski definition) is 1. The Morgan fingerprint density at radius 3 is 2.80 bits per heavy atom. The van der Waals surface area contributed by atoms with Crippen LogP contribution >= 0.6 is 11.8 Å². The van der Waals surface area contributed by atoms with E-state index in [0.29, 0.717) is 16.9 Å². The van der Waals surface area contributed by atoms with Gasteiger partial charge in [-0.25, -0.2) is 0 Å². The van der Waals surface area contributed by atoms with Gasteiger partial charge in [0.05, 0.1) is 6.42 Å². The van der Waals surface area contributed by atoms with Crippen LogP contribution in [0.25, 0.3) is 0 Å². The normalized spacial score (nSPS) is 10.4. The molecule has 0 aliphatic heterocycles. The highest BCUT2D eigenvalue weighted by Crippen LogP contribution is 2.18. The second-order valence-electron chi connectivity index (χ2n) is 4.06. The molecule has 1 N–H and O–H groups in total. The first-order chi connectivity index (χ1) is 9.63. The highest BCUT2D eigenvalue weighted by Gasteiger charge is 2.08. The average Bonchev–Trinajstić information content (AvgIpc) is 2.86. The van der Waals surface area contributed by atoms with Gasteiger partial charge in [0.15, 0.2) is 6.61 Å². The van der Waals surface area contributed by atoms with Gasteiger partial charge in [-0.1, -0.05) is 29.5 Å². The number of nitrogens with zero attached hydrogens (tertiary/aromatic N) is 2. The van der Waals surface area contributed by atoms with Crippen molar-refractivity contribution >= 4 is 17.7 Å². The van der Waals surface area contributed by atoms with Crippen LogP contribution in [0.5, 0.6) is 5.75 Å². The molecule has 0 bridgehead atoms. The third-order valence-electron chi connectivity index (χ3n) is 2.37. The predicted octanol–water partition coefficient (Wildman–Crippen LogP) is 2.52. The van der Waals surface area contributed by atoms with E-state index in [2.05, 4.69) is 10.2 Å². The second kappa shape index (κ2) is 6.95. The molecule has 1 heterocycles. The largest absolute Gasteiger partial charge is 0.484 e. The zero-order chi connectivity index (χ0) is 14.4. The first-order valence-corrected chi connectivity index (χ1v) is 6.98. The average molecular weight is 294 g/mol. The van der Waals surface area contributed by atoms with E-state index < -0.39 is 5.97 Å². The lowest BCUT2D eigenvalue weighted by atomic mass is 10.2. The van der Waals surface area contributed by atoms with Gasteiger partial charge in [-0.05, 0) is 19.1 Å². The molecular weight excluding hydrogens is 280 g/mol. The number of thioether (sulfide) groups is 1. The Morgan fingerprint density at radius 1 is 1.35 bits per heavy atom. The van der Waals surface area contributed by atoms with E-state index in [1.165, 1.54) is 11.8 Å². The molecule has 0 radical (unpaired) electrons. The monoisotopic (exact) mass is 294 g/mol. The summed E-state index contributed by atoms with van der Waals surface area (Å²) in [6, 6.07) is 7.65. The standard InChI is InChI=1S/C13H14N2O4S/c1-9-2-4-10(5-3-9)18-8-11-14-15-13(19-11)20-7-6-12(16)17/h2-5H,6-8H2,1H3,(H,16,17). The van der Waals surface area contributed by atoms with Gasteiger partial charge in [0.25, 0.3) is 11.1 Å². The topological polar surface area (TPSA) is 85.5 Å². The van der Waals surface area contributed by atoms with E-state index in [4.69, 9.17) is 14.3 Å². The van der Waals surface area contributed by atoms with E-state index in [-0.39, 0.29) is 13.0 Å². The number of hydrogen-bond acceptors (Lipinski definition) is 6. The van der Waals surface area contributed by atoms with Crippen molar-refractivity contribution in [2.75, 3.05) is 5.75 Å². The molecule has 0 amide bonds. The van der Waals surface area contributed by atoms with Gasteiger partial charge >= 0.3 is 5.97 Å². The molecule has 0 unspecified atom stereocenters. The van der Waals surface area contributed by atoms with Crippen molar-refractivity contribution in [2.45, 2.75) is 25.2 Å². The van der Waals surface area contributed by atoms with E-state index in [1.54, 1.807) is 0 Å². The lowest BCUT2D eigenvalue weighted by Crippen LogP contribution is -1.95. The van der Waals surface area contributed by atoms with Gasteiger partial charge < -0.3 is 14.3 Å². The van der Waals surface area contributed by atoms with Crippen LogP contribution < -0.4 is 4.74 Å². The van der Waals surface area contributed by atoms with Gasteiger partial charge in [-0.3, -0.25) is 4.79 Å². The summed E-state index contributed by atoms with van der Waals surface area (Å²) in [6.45, 7) is 2.19. The Hall–Kier alpha value is -2.02. The maximum atomic E-state index is 10.4. The molecule has 0 saturated heterocycles. The van der Waals surface area contributed by atoms with Crippen molar-refractivity contribution < 1.29 is 19.1 Å². The quantitative estimate of drug-likeness (QED) is 0.785. The van der Waals surface area contributed by atoms with E-state index in [1.807, 2.05) is 31.2 Å². The summed E-state index contributed by atoms with van der Waals surface area (Å²) in [4.78, 5) is 10.4. The highest BCUT2D eigenvalue weighted by atomic mass is 32.2. The van der Waals surface area contributed by atoms with Crippen LogP contribution in [0.1, 0.15) is 17.9 Å². The van der Waals surface area contributed by atoms with Crippen molar-refractivity contribution in [2.24, 2.45) is 0 Å². The zero-order valence-corrected chi connectivity index (χ0v) is 11.7. The fourth-order valence-electron chi connectivity index (χ4n) is 1.36. The SMILES string of the molecule is Cc1ccc(OCc2nnc(SCCC(=O)O)o2)cc1. The minimum atomic E-state index is -0.847. The summed E-state index contributed by atoms with van der Waals surface area (Å²) in [5.74, 6) is 0.646. The van der Waals surface area contributed by atoms with E-state index in [9.17, 15) is 4.79 Å². The molecule has 0 aliphatic rings. The molecule has 2 rings (SSSR count). The molecule has 0 saturated carbocycles. The summed E-state index contributed by atoms with van der Waals surface area (Å²) >= 11 is 1.22. The maximum absolute atomic E-state index is 10.4. The summed E-state index contributed by atoms with van der Waals surface area (Å²) < 4.78 is 10.8. The number of rotatable bonds is 7. The molecule has 7 heteroatoms. The molecule has 1 aromatic carbocycles. The predicted molar refractivity (Wildman–Crippen MR) is 72.8 cm³/mol. The summed E-state index contributed by atoms with van der Waals surface area (Å²) in [7, 11) is 0. The van der Waals surface area contributed by atoms with Gasteiger partial charge in [0.2, 0.25) is 0 Å². The summed E-state index contributed by atoms with van der Waals surface area (Å²) in [5.41, 5.74) is 1.16. The molecule has 0 aliphatic carbocycles.